The normalized spacial score (nSPS) is 11.5. The molecule has 2 amide bonds. The standard InChI is InChI=1S/C22H35N6O4/c1-4-17-7-9-18(10-8-17)11-12-20(29)26-19(21(30)24-15-13-16(2)3)6-5-14-25-22(23)27-28(31)32/h7-10,15-16,19H,4-6,11-14H2,1-3H3,(H,24,30)(H,26,29)(H3,23,25,27)/t19-/m0/s1. The number of aryl methyl sites for hydroxylation is 2. The van der Waals surface area contributed by atoms with Gasteiger partial charge >= 0.3 is 0 Å². The number of rotatable bonds is 14. The van der Waals surface area contributed by atoms with Gasteiger partial charge in [-0.15, -0.1) is 0 Å². The quantitative estimate of drug-likeness (QED) is 0.0969. The Bertz CT molecular complexity index is 751. The molecule has 0 saturated heterocycles. The molecule has 177 valence electrons. The number of carbonyl (C=O) groups is 2. The van der Waals surface area contributed by atoms with Crippen LogP contribution in [0.2, 0.25) is 0 Å². The van der Waals surface area contributed by atoms with Gasteiger partial charge in [0.25, 0.3) is 5.96 Å². The van der Waals surface area contributed by atoms with E-state index in [0.29, 0.717) is 31.6 Å². The monoisotopic (exact) mass is 447 g/mol. The van der Waals surface area contributed by atoms with Crippen molar-refractivity contribution in [3.05, 3.63) is 52.1 Å². The number of nitrogens with one attached hydrogen (secondary N) is 5. The van der Waals surface area contributed by atoms with Crippen LogP contribution in [0.4, 0.5) is 0 Å². The van der Waals surface area contributed by atoms with Crippen LogP contribution in [0.15, 0.2) is 24.3 Å². The van der Waals surface area contributed by atoms with Crippen molar-refractivity contribution in [2.75, 3.05) is 6.54 Å². The first kappa shape index (κ1) is 26.9. The Morgan fingerprint density at radius 1 is 1.19 bits per heavy atom. The Labute approximate surface area is 189 Å². The lowest BCUT2D eigenvalue weighted by atomic mass is 10.1. The summed E-state index contributed by atoms with van der Waals surface area (Å²) in [6.45, 7) is 8.10. The van der Waals surface area contributed by atoms with Crippen molar-refractivity contribution < 1.29 is 14.6 Å². The minimum Gasteiger partial charge on any atom is -0.352 e. The number of guanidine groups is 1. The Morgan fingerprint density at radius 2 is 1.84 bits per heavy atom. The average Bonchev–Trinajstić information content (AvgIpc) is 2.73. The van der Waals surface area contributed by atoms with Gasteiger partial charge in [-0.2, -0.15) is 0 Å². The average molecular weight is 448 g/mol. The van der Waals surface area contributed by atoms with Gasteiger partial charge in [0.2, 0.25) is 11.8 Å². The molecule has 0 bridgehead atoms. The number of hydrogen-bond donors (Lipinski definition) is 5. The maximum Gasteiger partial charge on any atom is 0.251 e. The lowest BCUT2D eigenvalue weighted by molar-refractivity contribution is -0.525. The van der Waals surface area contributed by atoms with Crippen LogP contribution in [-0.2, 0) is 22.4 Å². The van der Waals surface area contributed by atoms with Gasteiger partial charge in [-0.3, -0.25) is 15.0 Å². The van der Waals surface area contributed by atoms with E-state index in [2.05, 4.69) is 22.9 Å². The summed E-state index contributed by atoms with van der Waals surface area (Å²) in [5, 5.41) is 25.0. The Hall–Kier alpha value is -3.17. The summed E-state index contributed by atoms with van der Waals surface area (Å²) in [4.78, 5) is 35.3. The van der Waals surface area contributed by atoms with E-state index in [1.165, 1.54) is 5.56 Å². The highest BCUT2D eigenvalue weighted by Crippen LogP contribution is 2.08. The van der Waals surface area contributed by atoms with Crippen LogP contribution in [0.25, 0.3) is 0 Å². The number of hydrogen-bond acceptors (Lipinski definition) is 5. The van der Waals surface area contributed by atoms with Crippen molar-refractivity contribution >= 4 is 17.8 Å². The number of nitro groups is 1. The van der Waals surface area contributed by atoms with Crippen LogP contribution in [0.1, 0.15) is 57.6 Å². The fourth-order valence-corrected chi connectivity index (χ4v) is 2.88. The molecule has 1 radical (unpaired) electrons. The van der Waals surface area contributed by atoms with Crippen molar-refractivity contribution in [3.63, 3.8) is 0 Å². The minimum absolute atomic E-state index is 0.218. The lowest BCUT2D eigenvalue weighted by Gasteiger charge is -2.19. The van der Waals surface area contributed by atoms with E-state index >= 15 is 0 Å². The van der Waals surface area contributed by atoms with Gasteiger partial charge in [0.15, 0.2) is 5.03 Å². The molecule has 5 N–H and O–H groups in total. The lowest BCUT2D eigenvalue weighted by Crippen LogP contribution is -2.47. The van der Waals surface area contributed by atoms with Crippen molar-refractivity contribution in [2.45, 2.75) is 65.3 Å². The first-order valence-electron chi connectivity index (χ1n) is 10.9. The Morgan fingerprint density at radius 3 is 2.44 bits per heavy atom. The SMILES string of the molecule is CCc1ccc(CCC(=O)N[C@@H](CCCNC(=N)N[N+](=O)[O-])C(=O)N[CH]CC(C)C)cc1. The Kier molecular flexibility index (Phi) is 12.4. The molecule has 0 unspecified atom stereocenters. The van der Waals surface area contributed by atoms with Gasteiger partial charge < -0.3 is 16.0 Å². The maximum atomic E-state index is 12.6. The highest BCUT2D eigenvalue weighted by molar-refractivity contribution is 5.88. The van der Waals surface area contributed by atoms with E-state index in [1.807, 2.05) is 38.1 Å². The van der Waals surface area contributed by atoms with Crippen LogP contribution in [0, 0.1) is 28.0 Å². The van der Waals surface area contributed by atoms with Gasteiger partial charge in [-0.05, 0) is 49.1 Å². The molecular formula is C22H35N6O4. The zero-order valence-corrected chi connectivity index (χ0v) is 19.1. The fraction of sp³-hybridized carbons (Fsp3) is 0.545. The number of nitrogens with zero attached hydrogens (tertiary/aromatic N) is 1. The van der Waals surface area contributed by atoms with Crippen LogP contribution in [0.5, 0.6) is 0 Å². The van der Waals surface area contributed by atoms with E-state index in [4.69, 9.17) is 5.41 Å². The summed E-state index contributed by atoms with van der Waals surface area (Å²) in [5.74, 6) is -0.555. The molecule has 1 aromatic rings. The largest absolute Gasteiger partial charge is 0.352 e. The van der Waals surface area contributed by atoms with Gasteiger partial charge in [-0.1, -0.05) is 50.5 Å². The van der Waals surface area contributed by atoms with Crippen LogP contribution >= 0.6 is 0 Å². The maximum absolute atomic E-state index is 12.6. The van der Waals surface area contributed by atoms with E-state index in [1.54, 1.807) is 12.0 Å². The van der Waals surface area contributed by atoms with Gasteiger partial charge in [0.1, 0.15) is 6.04 Å². The summed E-state index contributed by atoms with van der Waals surface area (Å²) in [7, 11) is 0. The molecule has 0 heterocycles. The summed E-state index contributed by atoms with van der Waals surface area (Å²) >= 11 is 0. The van der Waals surface area contributed by atoms with Crippen molar-refractivity contribution in [2.24, 2.45) is 5.92 Å². The molecule has 0 aliphatic rings. The number of amides is 2. The molecule has 0 aliphatic heterocycles. The molecule has 1 rings (SSSR count). The molecule has 0 aliphatic carbocycles. The molecule has 32 heavy (non-hydrogen) atoms. The van der Waals surface area contributed by atoms with Gasteiger partial charge in [0, 0.05) is 19.5 Å². The second kappa shape index (κ2) is 14.8. The third-order valence-electron chi connectivity index (χ3n) is 4.73. The summed E-state index contributed by atoms with van der Waals surface area (Å²) in [6, 6.07) is 7.39. The second-order valence-corrected chi connectivity index (χ2v) is 7.95. The minimum atomic E-state index is -0.827. The zero-order valence-electron chi connectivity index (χ0n) is 19.1. The zero-order chi connectivity index (χ0) is 23.9. The summed E-state index contributed by atoms with van der Waals surface area (Å²) < 4.78 is 0. The number of hydrazine groups is 1. The van der Waals surface area contributed by atoms with E-state index in [9.17, 15) is 19.7 Å². The molecule has 0 saturated carbocycles. The molecule has 10 heteroatoms. The summed E-state index contributed by atoms with van der Waals surface area (Å²) in [5.41, 5.74) is 4.00. The summed E-state index contributed by atoms with van der Waals surface area (Å²) in [6.07, 6.45) is 3.28. The molecule has 10 nitrogen and oxygen atoms in total. The first-order valence-corrected chi connectivity index (χ1v) is 10.9. The molecule has 0 fully saturated rings. The van der Waals surface area contributed by atoms with E-state index in [-0.39, 0.29) is 24.8 Å². The third kappa shape index (κ3) is 11.9. The predicted octanol–water partition coefficient (Wildman–Crippen LogP) is 2.08. The van der Waals surface area contributed by atoms with Crippen LogP contribution < -0.4 is 21.4 Å². The van der Waals surface area contributed by atoms with E-state index < -0.39 is 17.0 Å². The fourth-order valence-electron chi connectivity index (χ4n) is 2.88. The second-order valence-electron chi connectivity index (χ2n) is 7.95. The Balaban J connectivity index is 2.55. The molecule has 1 aromatic carbocycles. The van der Waals surface area contributed by atoms with Gasteiger partial charge in [0.05, 0.1) is 0 Å². The van der Waals surface area contributed by atoms with Gasteiger partial charge in [-0.25, -0.2) is 10.1 Å². The van der Waals surface area contributed by atoms with Crippen molar-refractivity contribution in [1.82, 2.24) is 21.4 Å². The first-order chi connectivity index (χ1) is 15.2. The van der Waals surface area contributed by atoms with Crippen molar-refractivity contribution in [3.8, 4) is 0 Å². The topological polar surface area (TPSA) is 149 Å². The number of carbonyl (C=O) groups excluding carboxylic acids is 2. The third-order valence-corrected chi connectivity index (χ3v) is 4.73. The van der Waals surface area contributed by atoms with Crippen LogP contribution in [-0.4, -0.2) is 35.4 Å². The highest BCUT2D eigenvalue weighted by atomic mass is 16.7. The molecule has 1 atom stereocenters. The predicted molar refractivity (Wildman–Crippen MR) is 123 cm³/mol. The number of benzene rings is 1. The van der Waals surface area contributed by atoms with Crippen molar-refractivity contribution in [1.29, 1.82) is 5.41 Å². The van der Waals surface area contributed by atoms with E-state index in [0.717, 1.165) is 12.0 Å². The van der Waals surface area contributed by atoms with Crippen LogP contribution in [0.3, 0.4) is 0 Å². The smallest absolute Gasteiger partial charge is 0.251 e. The highest BCUT2D eigenvalue weighted by Gasteiger charge is 2.20. The molecule has 0 aromatic heterocycles. The molecular weight excluding hydrogens is 412 g/mol. The molecule has 0 spiro atoms.